The molecule has 0 N–H and O–H groups in total. The number of aromatic nitrogens is 2. The Balaban J connectivity index is 2.60. The van der Waals surface area contributed by atoms with Gasteiger partial charge in [-0.15, -0.1) is 0 Å². The van der Waals surface area contributed by atoms with Crippen LogP contribution in [0.15, 0.2) is 18.5 Å². The second kappa shape index (κ2) is 8.91. The lowest BCUT2D eigenvalue weighted by Gasteiger charge is -2.20. The summed E-state index contributed by atoms with van der Waals surface area (Å²) < 4.78 is 11.2. The minimum atomic E-state index is -0.346. The van der Waals surface area contributed by atoms with Crippen LogP contribution in [-0.2, 0) is 26.1 Å². The summed E-state index contributed by atoms with van der Waals surface area (Å²) in [7, 11) is 4.70. The first kappa shape index (κ1) is 16.9. The lowest BCUT2D eigenvalue weighted by Crippen LogP contribution is -2.34. The first-order valence-electron chi connectivity index (χ1n) is 6.58. The van der Waals surface area contributed by atoms with Gasteiger partial charge in [-0.1, -0.05) is 0 Å². The van der Waals surface area contributed by atoms with Crippen LogP contribution in [0.2, 0.25) is 0 Å². The molecule has 0 atom stereocenters. The Morgan fingerprint density at radius 3 is 2.71 bits per heavy atom. The Morgan fingerprint density at radius 1 is 1.38 bits per heavy atom. The zero-order chi connectivity index (χ0) is 15.7. The van der Waals surface area contributed by atoms with Gasteiger partial charge < -0.3 is 14.4 Å². The number of methoxy groups -OCH3 is 2. The van der Waals surface area contributed by atoms with Crippen LogP contribution in [0.5, 0.6) is 0 Å². The summed E-state index contributed by atoms with van der Waals surface area (Å²) in [6.45, 7) is 1.13. The van der Waals surface area contributed by atoms with Crippen molar-refractivity contribution in [2.75, 3.05) is 33.9 Å². The van der Waals surface area contributed by atoms with Crippen molar-refractivity contribution in [3.63, 3.8) is 0 Å². The van der Waals surface area contributed by atoms with Crippen molar-refractivity contribution in [3.8, 4) is 0 Å². The fourth-order valence-corrected chi connectivity index (χ4v) is 1.66. The molecule has 0 aliphatic carbocycles. The van der Waals surface area contributed by atoms with Gasteiger partial charge in [0.2, 0.25) is 5.91 Å². The lowest BCUT2D eigenvalue weighted by molar-refractivity contribution is -0.141. The van der Waals surface area contributed by atoms with Crippen molar-refractivity contribution >= 4 is 18.0 Å². The molecule has 0 aliphatic heterocycles. The van der Waals surface area contributed by atoms with E-state index in [1.165, 1.54) is 13.2 Å². The molecule has 0 saturated carbocycles. The van der Waals surface area contributed by atoms with Crippen LogP contribution in [0.4, 0.5) is 0 Å². The highest BCUT2D eigenvalue weighted by Crippen LogP contribution is 2.02. The Morgan fingerprint density at radius 2 is 2.14 bits per heavy atom. The van der Waals surface area contributed by atoms with Crippen LogP contribution in [0.25, 0.3) is 6.08 Å². The first-order valence-corrected chi connectivity index (χ1v) is 6.58. The normalized spacial score (nSPS) is 10.8. The highest BCUT2D eigenvalue weighted by atomic mass is 16.5. The third-order valence-corrected chi connectivity index (χ3v) is 2.83. The third-order valence-electron chi connectivity index (χ3n) is 2.83. The van der Waals surface area contributed by atoms with E-state index in [1.54, 1.807) is 42.2 Å². The van der Waals surface area contributed by atoms with E-state index in [0.717, 1.165) is 5.56 Å². The minimum Gasteiger partial charge on any atom is -0.469 e. The smallest absolute Gasteiger partial charge is 0.307 e. The van der Waals surface area contributed by atoms with Crippen molar-refractivity contribution in [1.29, 1.82) is 0 Å². The van der Waals surface area contributed by atoms with Gasteiger partial charge in [-0.3, -0.25) is 14.3 Å². The summed E-state index contributed by atoms with van der Waals surface area (Å²) >= 11 is 0. The number of nitrogens with zero attached hydrogens (tertiary/aromatic N) is 3. The molecule has 116 valence electrons. The Kier molecular flexibility index (Phi) is 7.17. The third kappa shape index (κ3) is 6.22. The van der Waals surface area contributed by atoms with E-state index in [4.69, 9.17) is 4.74 Å². The minimum absolute atomic E-state index is 0.159. The van der Waals surface area contributed by atoms with Crippen LogP contribution >= 0.6 is 0 Å². The fraction of sp³-hybridized carbons (Fsp3) is 0.500. The Hall–Kier alpha value is -2.15. The van der Waals surface area contributed by atoms with Gasteiger partial charge in [-0.25, -0.2) is 0 Å². The molecule has 1 aromatic rings. The van der Waals surface area contributed by atoms with Crippen LogP contribution in [0, 0.1) is 0 Å². The van der Waals surface area contributed by atoms with E-state index >= 15 is 0 Å². The number of hydrogen-bond acceptors (Lipinski definition) is 5. The van der Waals surface area contributed by atoms with Gasteiger partial charge in [0.1, 0.15) is 0 Å². The van der Waals surface area contributed by atoms with Gasteiger partial charge in [-0.2, -0.15) is 5.10 Å². The number of amides is 1. The van der Waals surface area contributed by atoms with E-state index in [-0.39, 0.29) is 18.3 Å². The quantitative estimate of drug-likeness (QED) is 0.515. The van der Waals surface area contributed by atoms with Crippen LogP contribution in [-0.4, -0.2) is 60.5 Å². The van der Waals surface area contributed by atoms with Gasteiger partial charge in [0.25, 0.3) is 0 Å². The predicted molar refractivity (Wildman–Crippen MR) is 77.3 cm³/mol. The van der Waals surface area contributed by atoms with Crippen molar-refractivity contribution in [3.05, 3.63) is 24.0 Å². The van der Waals surface area contributed by atoms with Crippen LogP contribution < -0.4 is 0 Å². The second-order valence-electron chi connectivity index (χ2n) is 4.42. The van der Waals surface area contributed by atoms with E-state index in [1.807, 2.05) is 0 Å². The van der Waals surface area contributed by atoms with Crippen molar-refractivity contribution < 1.29 is 19.1 Å². The molecule has 1 amide bonds. The molecule has 0 radical (unpaired) electrons. The van der Waals surface area contributed by atoms with Gasteiger partial charge in [0, 0.05) is 45.1 Å². The van der Waals surface area contributed by atoms with Gasteiger partial charge in [-0.05, 0) is 6.08 Å². The molecule has 0 unspecified atom stereocenters. The maximum absolute atomic E-state index is 12.1. The Labute approximate surface area is 124 Å². The van der Waals surface area contributed by atoms with Crippen molar-refractivity contribution in [2.45, 2.75) is 6.42 Å². The molecule has 1 heterocycles. The SMILES string of the molecule is COCCN(CCC(=O)OC)C(=O)/C=C/c1cnn(C)c1. The first-order chi connectivity index (χ1) is 10.1. The van der Waals surface area contributed by atoms with Gasteiger partial charge in [0.05, 0.1) is 26.3 Å². The second-order valence-corrected chi connectivity index (χ2v) is 4.42. The Bertz CT molecular complexity index is 496. The lowest BCUT2D eigenvalue weighted by atomic mass is 10.3. The fourth-order valence-electron chi connectivity index (χ4n) is 1.66. The molecule has 1 aromatic heterocycles. The predicted octanol–water partition coefficient (Wildman–Crippen LogP) is 0.471. The molecule has 0 saturated heterocycles. The average molecular weight is 295 g/mol. The summed E-state index contributed by atoms with van der Waals surface area (Å²) in [4.78, 5) is 24.9. The highest BCUT2D eigenvalue weighted by molar-refractivity contribution is 5.91. The van der Waals surface area contributed by atoms with Gasteiger partial charge >= 0.3 is 5.97 Å². The van der Waals surface area contributed by atoms with E-state index in [9.17, 15) is 9.59 Å². The number of ether oxygens (including phenoxy) is 2. The maximum Gasteiger partial charge on any atom is 0.307 e. The van der Waals surface area contributed by atoms with E-state index in [2.05, 4.69) is 9.84 Å². The molecule has 7 heteroatoms. The molecular formula is C14H21N3O4. The summed E-state index contributed by atoms with van der Waals surface area (Å²) in [6.07, 6.45) is 6.78. The topological polar surface area (TPSA) is 73.7 Å². The van der Waals surface area contributed by atoms with Crippen molar-refractivity contribution in [1.82, 2.24) is 14.7 Å². The standard InChI is InChI=1S/C14H21N3O4/c1-16-11-12(10-15-16)4-5-13(18)17(8-9-20-2)7-6-14(19)21-3/h4-5,10-11H,6-9H2,1-3H3/b5-4+. The number of carbonyl (C=O) groups excluding carboxylic acids is 2. The van der Waals surface area contributed by atoms with Crippen molar-refractivity contribution in [2.24, 2.45) is 7.05 Å². The summed E-state index contributed by atoms with van der Waals surface area (Å²) in [5, 5.41) is 4.02. The number of rotatable bonds is 8. The maximum atomic E-state index is 12.1. The van der Waals surface area contributed by atoms with Crippen LogP contribution in [0.1, 0.15) is 12.0 Å². The molecular weight excluding hydrogens is 274 g/mol. The molecule has 0 bridgehead atoms. The molecule has 0 aliphatic rings. The van der Waals surface area contributed by atoms with Crippen LogP contribution in [0.3, 0.4) is 0 Å². The molecule has 0 spiro atoms. The number of hydrogen-bond donors (Lipinski definition) is 0. The molecule has 0 fully saturated rings. The molecule has 7 nitrogen and oxygen atoms in total. The average Bonchev–Trinajstić information content (AvgIpc) is 2.90. The number of carbonyl (C=O) groups is 2. The van der Waals surface area contributed by atoms with Gasteiger partial charge in [0.15, 0.2) is 0 Å². The molecule has 1 rings (SSSR count). The largest absolute Gasteiger partial charge is 0.469 e. The highest BCUT2D eigenvalue weighted by Gasteiger charge is 2.12. The molecule has 0 aromatic carbocycles. The zero-order valence-corrected chi connectivity index (χ0v) is 12.6. The van der Waals surface area contributed by atoms with E-state index < -0.39 is 0 Å². The summed E-state index contributed by atoms with van der Waals surface area (Å²) in [6, 6.07) is 0. The number of esters is 1. The summed E-state index contributed by atoms with van der Waals surface area (Å²) in [5.41, 5.74) is 0.838. The summed E-state index contributed by atoms with van der Waals surface area (Å²) in [5.74, 6) is -0.527. The zero-order valence-electron chi connectivity index (χ0n) is 12.6. The monoisotopic (exact) mass is 295 g/mol. The number of aryl methyl sites for hydroxylation is 1. The molecule has 21 heavy (non-hydrogen) atoms. The van der Waals surface area contributed by atoms with E-state index in [0.29, 0.717) is 19.7 Å².